The summed E-state index contributed by atoms with van der Waals surface area (Å²) in [6, 6.07) is 0. The van der Waals surface area contributed by atoms with Crippen LogP contribution in [-0.2, 0) is 23.4 Å². The number of likely N-dealkylation sites (N-methyl/N-ethyl adjacent to an activating group) is 1. The van der Waals surface area contributed by atoms with Crippen LogP contribution < -0.4 is 4.89 Å². The van der Waals surface area contributed by atoms with Gasteiger partial charge in [-0.15, -0.1) is 0 Å². The quantitative estimate of drug-likeness (QED) is 0.637. The topological polar surface area (TPSA) is 80.3 Å². The third-order valence-electron chi connectivity index (χ3n) is 4.51. The van der Waals surface area contributed by atoms with Crippen LogP contribution in [0.25, 0.3) is 0 Å². The summed E-state index contributed by atoms with van der Waals surface area (Å²) >= 11 is 0. The second-order valence-electron chi connectivity index (χ2n) is 7.77. The van der Waals surface area contributed by atoms with Gasteiger partial charge < -0.3 is 23.5 Å². The van der Waals surface area contributed by atoms with Gasteiger partial charge in [-0.1, -0.05) is 27.7 Å². The van der Waals surface area contributed by atoms with Crippen LogP contribution in [0.1, 0.15) is 41.5 Å². The summed E-state index contributed by atoms with van der Waals surface area (Å²) in [6.45, 7) is 11.8. The van der Waals surface area contributed by atoms with Gasteiger partial charge in [-0.05, 0) is 19.8 Å². The fourth-order valence-corrected chi connectivity index (χ4v) is 4.03. The smallest absolute Gasteiger partial charge is 0.137 e. The summed E-state index contributed by atoms with van der Waals surface area (Å²) in [5.74, 6) is 0.165. The molecule has 24 heavy (non-hydrogen) atoms. The molecule has 0 N–H and O–H groups in total. The zero-order valence-electron chi connectivity index (χ0n) is 15.7. The van der Waals surface area contributed by atoms with Gasteiger partial charge in [0.15, 0.2) is 0 Å². The van der Waals surface area contributed by atoms with E-state index >= 15 is 0 Å². The van der Waals surface area contributed by atoms with Crippen molar-refractivity contribution >= 4 is 7.60 Å². The molecule has 0 amide bonds. The van der Waals surface area contributed by atoms with Gasteiger partial charge in [0, 0.05) is 12.7 Å². The first-order valence-corrected chi connectivity index (χ1v) is 10.3. The van der Waals surface area contributed by atoms with Crippen molar-refractivity contribution in [3.63, 3.8) is 0 Å². The van der Waals surface area contributed by atoms with Gasteiger partial charge in [-0.25, -0.2) is 0 Å². The first kappa shape index (κ1) is 20.3. The number of hydroxylamine groups is 2. The second kappa shape index (κ2) is 7.31. The number of hydrogen-bond acceptors (Lipinski definition) is 7. The molecular weight excluding hydrogens is 333 g/mol. The minimum absolute atomic E-state index is 0.0116. The Balaban J connectivity index is 2.34. The molecule has 2 rings (SSSR count). The van der Waals surface area contributed by atoms with Crippen molar-refractivity contribution in [2.24, 2.45) is 5.92 Å². The molecule has 0 radical (unpaired) electrons. The molecular formula is C16H31NO6P-. The average Bonchev–Trinajstić information content (AvgIpc) is 2.62. The molecule has 0 aromatic rings. The van der Waals surface area contributed by atoms with Crippen LogP contribution in [0.15, 0.2) is 0 Å². The minimum Gasteiger partial charge on any atom is -0.778 e. The molecule has 8 heteroatoms. The number of nitrogens with zero attached hydrogens (tertiary/aromatic N) is 1. The molecule has 2 saturated heterocycles. The lowest BCUT2D eigenvalue weighted by molar-refractivity contribution is -0.270. The molecule has 142 valence electrons. The molecule has 2 heterocycles. The summed E-state index contributed by atoms with van der Waals surface area (Å²) in [6.07, 6.45) is -1.41. The standard InChI is InChI=1S/C16H32NO6P/c1-10(2)13-14-15(23-24(18,19)12(5)6)16(21-13,8-17(7)22-14)9-20-11(3)4/h10-15H,8-9H2,1-7H3,(H,18,19)/p-1/t13-,14?,15+,16+/m0/s1. The van der Waals surface area contributed by atoms with Crippen LogP contribution in [0.2, 0.25) is 0 Å². The zero-order valence-corrected chi connectivity index (χ0v) is 16.6. The van der Waals surface area contributed by atoms with Crippen LogP contribution in [0.3, 0.4) is 0 Å². The summed E-state index contributed by atoms with van der Waals surface area (Å²) in [5, 5.41) is 1.70. The van der Waals surface area contributed by atoms with E-state index < -0.39 is 31.1 Å². The number of hydrogen-bond donors (Lipinski definition) is 0. The first-order chi connectivity index (χ1) is 11.0. The van der Waals surface area contributed by atoms with E-state index in [2.05, 4.69) is 0 Å². The van der Waals surface area contributed by atoms with E-state index in [0.29, 0.717) is 6.54 Å². The summed E-state index contributed by atoms with van der Waals surface area (Å²) in [4.78, 5) is 18.3. The number of rotatable bonds is 7. The lowest BCUT2D eigenvalue weighted by Crippen LogP contribution is -2.60. The first-order valence-electron chi connectivity index (χ1n) is 8.65. The summed E-state index contributed by atoms with van der Waals surface area (Å²) < 4.78 is 30.2. The SMILES string of the molecule is CC(C)OC[C@@]12CN(C)OC([C@H](C(C)C)O1)[C@H]2OP(=O)([O-])C(C)C. The van der Waals surface area contributed by atoms with E-state index in [1.54, 1.807) is 18.9 Å². The molecule has 0 aromatic heterocycles. The fraction of sp³-hybridized carbons (Fsp3) is 1.00. The Labute approximate surface area is 145 Å². The molecule has 2 aliphatic rings. The van der Waals surface area contributed by atoms with E-state index in [4.69, 9.17) is 18.8 Å². The molecule has 7 nitrogen and oxygen atoms in total. The predicted molar refractivity (Wildman–Crippen MR) is 88.6 cm³/mol. The van der Waals surface area contributed by atoms with Gasteiger partial charge >= 0.3 is 0 Å². The Morgan fingerprint density at radius 1 is 1.29 bits per heavy atom. The third-order valence-corrected chi connectivity index (χ3v) is 6.30. The van der Waals surface area contributed by atoms with E-state index in [-0.39, 0.29) is 24.7 Å². The van der Waals surface area contributed by atoms with Gasteiger partial charge in [0.05, 0.1) is 25.4 Å². The molecule has 0 saturated carbocycles. The Kier molecular flexibility index (Phi) is 6.19. The molecule has 2 bridgehead atoms. The Morgan fingerprint density at radius 3 is 2.42 bits per heavy atom. The maximum Gasteiger partial charge on any atom is 0.137 e. The molecule has 0 aromatic carbocycles. The Morgan fingerprint density at radius 2 is 1.92 bits per heavy atom. The van der Waals surface area contributed by atoms with Gasteiger partial charge in [0.25, 0.3) is 0 Å². The molecule has 2 fully saturated rings. The molecule has 2 aliphatic heterocycles. The largest absolute Gasteiger partial charge is 0.778 e. The fourth-order valence-electron chi connectivity index (χ4n) is 3.16. The lowest BCUT2D eigenvalue weighted by atomic mass is 9.91. The predicted octanol–water partition coefficient (Wildman–Crippen LogP) is 1.80. The summed E-state index contributed by atoms with van der Waals surface area (Å²) in [7, 11) is -2.20. The average molecular weight is 364 g/mol. The lowest BCUT2D eigenvalue weighted by Gasteiger charge is -2.45. The number of fused-ring (bicyclic) bond motifs is 2. The van der Waals surface area contributed by atoms with Crippen molar-refractivity contribution in [3.05, 3.63) is 0 Å². The highest BCUT2D eigenvalue weighted by Gasteiger charge is 2.62. The van der Waals surface area contributed by atoms with Crippen molar-refractivity contribution in [2.75, 3.05) is 20.2 Å². The van der Waals surface area contributed by atoms with Gasteiger partial charge in [-0.3, -0.25) is 4.84 Å². The van der Waals surface area contributed by atoms with Crippen molar-refractivity contribution in [2.45, 2.75) is 77.2 Å². The Hall–Kier alpha value is -0.0100. The van der Waals surface area contributed by atoms with Gasteiger partial charge in [0.2, 0.25) is 0 Å². The second-order valence-corrected chi connectivity index (χ2v) is 10.1. The van der Waals surface area contributed by atoms with E-state index in [1.165, 1.54) is 0 Å². The van der Waals surface area contributed by atoms with Crippen molar-refractivity contribution in [1.82, 2.24) is 5.06 Å². The van der Waals surface area contributed by atoms with Crippen LogP contribution >= 0.6 is 7.60 Å². The summed E-state index contributed by atoms with van der Waals surface area (Å²) in [5.41, 5.74) is -1.46. The third kappa shape index (κ3) is 4.04. The highest BCUT2D eigenvalue weighted by atomic mass is 31.2. The van der Waals surface area contributed by atoms with Crippen molar-refractivity contribution in [1.29, 1.82) is 0 Å². The monoisotopic (exact) mass is 364 g/mol. The minimum atomic E-state index is -4.02. The normalized spacial score (nSPS) is 36.7. The number of ether oxygens (including phenoxy) is 2. The van der Waals surface area contributed by atoms with E-state index in [9.17, 15) is 9.46 Å². The van der Waals surface area contributed by atoms with Crippen molar-refractivity contribution in [3.8, 4) is 0 Å². The van der Waals surface area contributed by atoms with Crippen LogP contribution in [0, 0.1) is 5.92 Å². The van der Waals surface area contributed by atoms with Gasteiger partial charge in [-0.2, -0.15) is 5.06 Å². The molecule has 2 unspecified atom stereocenters. The zero-order chi connectivity index (χ0) is 18.3. The highest BCUT2D eigenvalue weighted by Crippen LogP contribution is 2.52. The maximum absolute atomic E-state index is 12.4. The molecule has 5 atom stereocenters. The van der Waals surface area contributed by atoms with Crippen molar-refractivity contribution < 1.29 is 28.3 Å². The maximum atomic E-state index is 12.4. The Bertz CT molecular complexity index is 485. The molecule has 0 spiro atoms. The molecule has 0 aliphatic carbocycles. The van der Waals surface area contributed by atoms with E-state index in [1.807, 2.05) is 34.7 Å². The van der Waals surface area contributed by atoms with Crippen LogP contribution in [0.4, 0.5) is 0 Å². The van der Waals surface area contributed by atoms with Crippen LogP contribution in [-0.4, -0.2) is 60.9 Å². The van der Waals surface area contributed by atoms with E-state index in [0.717, 1.165) is 0 Å². The van der Waals surface area contributed by atoms with Crippen LogP contribution in [0.5, 0.6) is 0 Å². The highest BCUT2D eigenvalue weighted by molar-refractivity contribution is 7.52. The van der Waals surface area contributed by atoms with Gasteiger partial charge in [0.1, 0.15) is 25.4 Å².